The molecule has 2 heteroatoms. The Bertz CT molecular complexity index is 400. The smallest absolute Gasteiger partial charge is 0.119 e. The normalized spacial score (nSPS) is 17.8. The van der Waals surface area contributed by atoms with E-state index in [0.717, 1.165) is 31.2 Å². The van der Waals surface area contributed by atoms with Gasteiger partial charge in [0.25, 0.3) is 0 Å². The first-order valence-corrected chi connectivity index (χ1v) is 7.69. The van der Waals surface area contributed by atoms with Crippen LogP contribution in [0.3, 0.4) is 0 Å². The number of rotatable bonds is 7. The number of aryl methyl sites for hydroxylation is 1. The predicted molar refractivity (Wildman–Crippen MR) is 80.7 cm³/mol. The third-order valence-electron chi connectivity index (χ3n) is 3.84. The monoisotopic (exact) mass is 261 g/mol. The summed E-state index contributed by atoms with van der Waals surface area (Å²) in [4.78, 5) is 0. The molecule has 0 saturated carbocycles. The number of ether oxygens (including phenoxy) is 1. The van der Waals surface area contributed by atoms with Gasteiger partial charge >= 0.3 is 0 Å². The molecule has 1 unspecified atom stereocenters. The van der Waals surface area contributed by atoms with Crippen LogP contribution in [-0.2, 0) is 6.42 Å². The van der Waals surface area contributed by atoms with Crippen molar-refractivity contribution in [2.24, 2.45) is 5.92 Å². The molecule has 1 aliphatic carbocycles. The maximum atomic E-state index is 5.86. The van der Waals surface area contributed by atoms with E-state index in [1.165, 1.54) is 30.4 Å². The maximum absolute atomic E-state index is 5.86. The lowest BCUT2D eigenvalue weighted by molar-refractivity contribution is 0.297. The van der Waals surface area contributed by atoms with Gasteiger partial charge < -0.3 is 10.1 Å². The third-order valence-corrected chi connectivity index (χ3v) is 3.84. The van der Waals surface area contributed by atoms with Crippen LogP contribution in [0.2, 0.25) is 0 Å². The molecule has 0 heterocycles. The van der Waals surface area contributed by atoms with Crippen LogP contribution in [0, 0.1) is 5.92 Å². The Labute approximate surface area is 117 Å². The fourth-order valence-corrected chi connectivity index (χ4v) is 2.82. The molecule has 1 aromatic carbocycles. The van der Waals surface area contributed by atoms with Crippen molar-refractivity contribution in [2.45, 2.75) is 52.5 Å². The van der Waals surface area contributed by atoms with E-state index >= 15 is 0 Å². The van der Waals surface area contributed by atoms with Crippen LogP contribution in [0.25, 0.3) is 0 Å². The number of fused-ring (bicyclic) bond motifs is 1. The highest BCUT2D eigenvalue weighted by molar-refractivity contribution is 5.40. The predicted octanol–water partition coefficient (Wildman–Crippen LogP) is 4.10. The molecule has 0 amide bonds. The van der Waals surface area contributed by atoms with Crippen LogP contribution >= 0.6 is 0 Å². The van der Waals surface area contributed by atoms with E-state index in [1.54, 1.807) is 0 Å². The summed E-state index contributed by atoms with van der Waals surface area (Å²) >= 11 is 0. The summed E-state index contributed by atoms with van der Waals surface area (Å²) in [7, 11) is 0. The van der Waals surface area contributed by atoms with Crippen molar-refractivity contribution in [3.63, 3.8) is 0 Å². The van der Waals surface area contributed by atoms with Gasteiger partial charge in [-0.05, 0) is 61.4 Å². The second kappa shape index (κ2) is 6.95. The minimum absolute atomic E-state index is 0.551. The number of benzene rings is 1. The van der Waals surface area contributed by atoms with Crippen LogP contribution in [0.15, 0.2) is 18.2 Å². The van der Waals surface area contributed by atoms with Crippen molar-refractivity contribution in [1.82, 2.24) is 5.32 Å². The second-order valence-corrected chi connectivity index (χ2v) is 5.89. The lowest BCUT2D eigenvalue weighted by Crippen LogP contribution is -2.18. The van der Waals surface area contributed by atoms with Gasteiger partial charge in [0.2, 0.25) is 0 Å². The van der Waals surface area contributed by atoms with Crippen molar-refractivity contribution in [2.75, 3.05) is 13.2 Å². The summed E-state index contributed by atoms with van der Waals surface area (Å²) in [6.07, 6.45) is 4.79. The average Bonchev–Trinajstić information content (AvgIpc) is 2.78. The lowest BCUT2D eigenvalue weighted by atomic mass is 10.1. The zero-order valence-electron chi connectivity index (χ0n) is 12.5. The molecule has 0 aromatic heterocycles. The molecule has 19 heavy (non-hydrogen) atoms. The summed E-state index contributed by atoms with van der Waals surface area (Å²) < 4.78 is 5.86. The van der Waals surface area contributed by atoms with Gasteiger partial charge in [0.15, 0.2) is 0 Å². The molecule has 0 radical (unpaired) electrons. The van der Waals surface area contributed by atoms with Gasteiger partial charge in [-0.15, -0.1) is 0 Å². The molecule has 1 aliphatic rings. The van der Waals surface area contributed by atoms with Gasteiger partial charge in [-0.3, -0.25) is 0 Å². The van der Waals surface area contributed by atoms with Crippen molar-refractivity contribution in [1.29, 1.82) is 0 Å². The SMILES string of the molecule is CCNC1CCc2cc(OCCCC(C)C)ccc21. The van der Waals surface area contributed by atoms with Gasteiger partial charge in [-0.2, -0.15) is 0 Å². The van der Waals surface area contributed by atoms with Crippen LogP contribution in [0.5, 0.6) is 5.75 Å². The van der Waals surface area contributed by atoms with E-state index in [-0.39, 0.29) is 0 Å². The number of hydrogen-bond donors (Lipinski definition) is 1. The van der Waals surface area contributed by atoms with E-state index in [2.05, 4.69) is 44.3 Å². The molecule has 2 rings (SSSR count). The van der Waals surface area contributed by atoms with E-state index in [9.17, 15) is 0 Å². The molecule has 1 aromatic rings. The van der Waals surface area contributed by atoms with Crippen LogP contribution in [0.1, 0.15) is 57.2 Å². The van der Waals surface area contributed by atoms with Crippen molar-refractivity contribution in [3.8, 4) is 5.75 Å². The Kier molecular flexibility index (Phi) is 5.26. The highest BCUT2D eigenvalue weighted by Gasteiger charge is 2.21. The number of hydrogen-bond acceptors (Lipinski definition) is 2. The molecular formula is C17H27NO. The minimum Gasteiger partial charge on any atom is -0.494 e. The standard InChI is InChI=1S/C17H27NO/c1-4-18-17-10-7-14-12-15(8-9-16(14)17)19-11-5-6-13(2)3/h8-9,12-13,17-18H,4-7,10-11H2,1-3H3. The van der Waals surface area contributed by atoms with Crippen molar-refractivity contribution in [3.05, 3.63) is 29.3 Å². The fraction of sp³-hybridized carbons (Fsp3) is 0.647. The van der Waals surface area contributed by atoms with Crippen LogP contribution in [0.4, 0.5) is 0 Å². The molecule has 0 saturated heterocycles. The first kappa shape index (κ1) is 14.4. The van der Waals surface area contributed by atoms with E-state index in [4.69, 9.17) is 4.74 Å². The van der Waals surface area contributed by atoms with Crippen LogP contribution < -0.4 is 10.1 Å². The molecular weight excluding hydrogens is 234 g/mol. The highest BCUT2D eigenvalue weighted by Crippen LogP contribution is 2.33. The Hall–Kier alpha value is -1.02. The zero-order valence-corrected chi connectivity index (χ0v) is 12.5. The molecule has 1 atom stereocenters. The molecule has 0 bridgehead atoms. The van der Waals surface area contributed by atoms with E-state index < -0.39 is 0 Å². The van der Waals surface area contributed by atoms with Gasteiger partial charge in [0.05, 0.1) is 6.61 Å². The minimum atomic E-state index is 0.551. The summed E-state index contributed by atoms with van der Waals surface area (Å²) in [6.45, 7) is 8.57. The van der Waals surface area contributed by atoms with Gasteiger partial charge in [0.1, 0.15) is 5.75 Å². The van der Waals surface area contributed by atoms with Crippen molar-refractivity contribution >= 4 is 0 Å². The zero-order chi connectivity index (χ0) is 13.7. The quantitative estimate of drug-likeness (QED) is 0.746. The summed E-state index contributed by atoms with van der Waals surface area (Å²) in [5, 5.41) is 3.54. The molecule has 0 aliphatic heterocycles. The number of nitrogens with one attached hydrogen (secondary N) is 1. The highest BCUT2D eigenvalue weighted by atomic mass is 16.5. The maximum Gasteiger partial charge on any atom is 0.119 e. The summed E-state index contributed by atoms with van der Waals surface area (Å²) in [5.74, 6) is 1.81. The lowest BCUT2D eigenvalue weighted by Gasteiger charge is -2.13. The Morgan fingerprint density at radius 3 is 2.95 bits per heavy atom. The Morgan fingerprint density at radius 2 is 2.21 bits per heavy atom. The molecule has 0 fully saturated rings. The topological polar surface area (TPSA) is 21.3 Å². The molecule has 106 valence electrons. The Morgan fingerprint density at radius 1 is 1.37 bits per heavy atom. The molecule has 0 spiro atoms. The van der Waals surface area contributed by atoms with E-state index in [0.29, 0.717) is 6.04 Å². The Balaban J connectivity index is 1.88. The average molecular weight is 261 g/mol. The first-order valence-electron chi connectivity index (χ1n) is 7.69. The van der Waals surface area contributed by atoms with Crippen LogP contribution in [-0.4, -0.2) is 13.2 Å². The third kappa shape index (κ3) is 3.97. The first-order chi connectivity index (χ1) is 9.20. The largest absolute Gasteiger partial charge is 0.494 e. The summed E-state index contributed by atoms with van der Waals surface area (Å²) in [5.41, 5.74) is 2.93. The fourth-order valence-electron chi connectivity index (χ4n) is 2.82. The summed E-state index contributed by atoms with van der Waals surface area (Å²) in [6, 6.07) is 7.16. The van der Waals surface area contributed by atoms with Gasteiger partial charge in [0, 0.05) is 6.04 Å². The second-order valence-electron chi connectivity index (χ2n) is 5.89. The van der Waals surface area contributed by atoms with Crippen molar-refractivity contribution < 1.29 is 4.74 Å². The molecule has 1 N–H and O–H groups in total. The van der Waals surface area contributed by atoms with Gasteiger partial charge in [-0.1, -0.05) is 26.8 Å². The van der Waals surface area contributed by atoms with E-state index in [1.807, 2.05) is 0 Å². The van der Waals surface area contributed by atoms with Gasteiger partial charge in [-0.25, -0.2) is 0 Å². The molecule has 2 nitrogen and oxygen atoms in total.